The maximum atomic E-state index is 11.5. The third-order valence-corrected chi connectivity index (χ3v) is 2.19. The lowest BCUT2D eigenvalue weighted by Gasteiger charge is -1.99. The molecule has 0 unspecified atom stereocenters. The van der Waals surface area contributed by atoms with Crippen LogP contribution in [-0.2, 0) is 14.3 Å². The summed E-state index contributed by atoms with van der Waals surface area (Å²) in [5, 5.41) is 0. The molecular formula is C10H8BrNO4. The van der Waals surface area contributed by atoms with E-state index in [9.17, 15) is 14.4 Å². The van der Waals surface area contributed by atoms with Crippen molar-refractivity contribution in [3.63, 3.8) is 0 Å². The Morgan fingerprint density at radius 3 is 2.62 bits per heavy atom. The predicted octanol–water partition coefficient (Wildman–Crippen LogP) is 1.16. The van der Waals surface area contributed by atoms with Crippen molar-refractivity contribution in [2.24, 2.45) is 0 Å². The largest absolute Gasteiger partial charge is 0.463 e. The van der Waals surface area contributed by atoms with Crippen molar-refractivity contribution in [2.75, 3.05) is 7.11 Å². The Balaban J connectivity index is 2.73. The zero-order chi connectivity index (χ0) is 12.1. The highest BCUT2D eigenvalue weighted by Gasteiger charge is 2.19. The van der Waals surface area contributed by atoms with Gasteiger partial charge >= 0.3 is 5.97 Å². The molecule has 0 radical (unpaired) electrons. The summed E-state index contributed by atoms with van der Waals surface area (Å²) in [7, 11) is 1.09. The van der Waals surface area contributed by atoms with Gasteiger partial charge in [-0.05, 0) is 22.0 Å². The van der Waals surface area contributed by atoms with Crippen LogP contribution >= 0.6 is 15.9 Å². The zero-order valence-corrected chi connectivity index (χ0v) is 9.98. The molecule has 0 spiro atoms. The topological polar surface area (TPSA) is 73.3 Å². The first kappa shape index (κ1) is 12.5. The molecule has 84 valence electrons. The molecule has 0 aliphatic carbocycles. The van der Waals surface area contributed by atoms with Crippen LogP contribution in [0.4, 0.5) is 0 Å². The van der Waals surface area contributed by atoms with E-state index in [0.29, 0.717) is 4.47 Å². The molecule has 1 aromatic rings. The van der Waals surface area contributed by atoms with Crippen LogP contribution in [0.1, 0.15) is 16.8 Å². The summed E-state index contributed by atoms with van der Waals surface area (Å²) < 4.78 is 4.84. The van der Waals surface area contributed by atoms with Gasteiger partial charge in [-0.3, -0.25) is 14.6 Å². The Kier molecular flexibility index (Phi) is 4.30. The number of carbonyl (C=O) groups is 3. The number of ether oxygens (including phenoxy) is 1. The fourth-order valence-corrected chi connectivity index (χ4v) is 1.36. The molecule has 0 saturated heterocycles. The second-order valence-corrected chi connectivity index (χ2v) is 3.82. The number of ketones is 2. The lowest BCUT2D eigenvalue weighted by Crippen LogP contribution is -2.19. The van der Waals surface area contributed by atoms with E-state index in [1.54, 1.807) is 0 Å². The fourth-order valence-electron chi connectivity index (χ4n) is 0.998. The summed E-state index contributed by atoms with van der Waals surface area (Å²) in [6, 6.07) is 1.53. The summed E-state index contributed by atoms with van der Waals surface area (Å²) in [4.78, 5) is 37.2. The smallest absolute Gasteiger partial charge is 0.374 e. The number of hydrogen-bond acceptors (Lipinski definition) is 5. The standard InChI is InChI=1S/C10H8BrNO4/c1-16-10(15)9(14)3-8(13)6-2-7(11)5-12-4-6/h2,4-5H,3H2,1H3. The van der Waals surface area contributed by atoms with Crippen LogP contribution in [0.5, 0.6) is 0 Å². The number of Topliss-reactive ketones (excluding diaryl/α,β-unsaturated/α-hetero) is 2. The van der Waals surface area contributed by atoms with Gasteiger partial charge in [0.25, 0.3) is 0 Å². The van der Waals surface area contributed by atoms with Gasteiger partial charge in [-0.15, -0.1) is 0 Å². The van der Waals surface area contributed by atoms with Crippen LogP contribution in [0.3, 0.4) is 0 Å². The average molecular weight is 286 g/mol. The van der Waals surface area contributed by atoms with Crippen LogP contribution in [-0.4, -0.2) is 29.6 Å². The van der Waals surface area contributed by atoms with Gasteiger partial charge in [0.05, 0.1) is 13.5 Å². The van der Waals surface area contributed by atoms with Gasteiger partial charge in [-0.2, -0.15) is 0 Å². The minimum atomic E-state index is -1.02. The van der Waals surface area contributed by atoms with Gasteiger partial charge in [0.1, 0.15) is 0 Å². The van der Waals surface area contributed by atoms with Crippen molar-refractivity contribution < 1.29 is 19.1 Å². The summed E-state index contributed by atoms with van der Waals surface area (Å²) in [5.74, 6) is -2.35. The summed E-state index contributed by atoms with van der Waals surface area (Å²) in [6.07, 6.45) is 2.33. The summed E-state index contributed by atoms with van der Waals surface area (Å²) >= 11 is 3.15. The van der Waals surface area contributed by atoms with Crippen molar-refractivity contribution in [3.05, 3.63) is 28.5 Å². The summed E-state index contributed by atoms with van der Waals surface area (Å²) in [5.41, 5.74) is 0.270. The van der Waals surface area contributed by atoms with Crippen molar-refractivity contribution >= 4 is 33.5 Å². The number of esters is 1. The number of aromatic nitrogens is 1. The molecule has 0 saturated carbocycles. The molecular weight excluding hydrogens is 278 g/mol. The highest BCUT2D eigenvalue weighted by molar-refractivity contribution is 9.10. The first-order valence-electron chi connectivity index (χ1n) is 4.29. The van der Waals surface area contributed by atoms with E-state index in [0.717, 1.165) is 7.11 Å². The van der Waals surface area contributed by atoms with Gasteiger partial charge in [-0.25, -0.2) is 4.79 Å². The molecule has 1 heterocycles. The van der Waals surface area contributed by atoms with Gasteiger partial charge in [0, 0.05) is 22.4 Å². The third-order valence-electron chi connectivity index (χ3n) is 1.76. The lowest BCUT2D eigenvalue weighted by molar-refractivity contribution is -0.151. The number of nitrogens with zero attached hydrogens (tertiary/aromatic N) is 1. The monoisotopic (exact) mass is 285 g/mol. The maximum absolute atomic E-state index is 11.5. The highest BCUT2D eigenvalue weighted by Crippen LogP contribution is 2.11. The quantitative estimate of drug-likeness (QED) is 0.359. The molecule has 6 heteroatoms. The molecule has 0 fully saturated rings. The third kappa shape index (κ3) is 3.23. The maximum Gasteiger partial charge on any atom is 0.374 e. The van der Waals surface area contributed by atoms with Crippen LogP contribution in [0.2, 0.25) is 0 Å². The number of halogens is 1. The number of hydrogen-bond donors (Lipinski definition) is 0. The van der Waals surface area contributed by atoms with E-state index in [2.05, 4.69) is 25.7 Å². The van der Waals surface area contributed by atoms with Crippen LogP contribution in [0, 0.1) is 0 Å². The van der Waals surface area contributed by atoms with E-state index < -0.39 is 24.0 Å². The minimum absolute atomic E-state index is 0.270. The number of methoxy groups -OCH3 is 1. The van der Waals surface area contributed by atoms with Crippen molar-refractivity contribution in [3.8, 4) is 0 Å². The molecule has 0 aliphatic rings. The normalized spacial score (nSPS) is 9.62. The number of rotatable bonds is 4. The first-order chi connectivity index (χ1) is 7.54. The molecule has 16 heavy (non-hydrogen) atoms. The van der Waals surface area contributed by atoms with E-state index in [4.69, 9.17) is 0 Å². The van der Waals surface area contributed by atoms with Crippen LogP contribution in [0.25, 0.3) is 0 Å². The predicted molar refractivity (Wildman–Crippen MR) is 57.9 cm³/mol. The van der Waals surface area contributed by atoms with Gasteiger partial charge in [0.2, 0.25) is 5.78 Å². The van der Waals surface area contributed by atoms with E-state index in [1.807, 2.05) is 0 Å². The van der Waals surface area contributed by atoms with E-state index in [-0.39, 0.29) is 5.56 Å². The van der Waals surface area contributed by atoms with Crippen molar-refractivity contribution in [1.82, 2.24) is 4.98 Å². The second-order valence-electron chi connectivity index (χ2n) is 2.91. The lowest BCUT2D eigenvalue weighted by atomic mass is 10.1. The average Bonchev–Trinajstić information content (AvgIpc) is 2.27. The minimum Gasteiger partial charge on any atom is -0.463 e. The Bertz CT molecular complexity index is 444. The van der Waals surface area contributed by atoms with Gasteiger partial charge < -0.3 is 4.74 Å². The molecule has 1 aromatic heterocycles. The molecule has 0 atom stereocenters. The first-order valence-corrected chi connectivity index (χ1v) is 5.08. The Labute approximate surface area is 99.9 Å². The number of carbonyl (C=O) groups excluding carboxylic acids is 3. The van der Waals surface area contributed by atoms with Crippen LogP contribution in [0.15, 0.2) is 22.9 Å². The molecule has 0 N–H and O–H groups in total. The van der Waals surface area contributed by atoms with Crippen LogP contribution < -0.4 is 0 Å². The van der Waals surface area contributed by atoms with Gasteiger partial charge in [-0.1, -0.05) is 0 Å². The van der Waals surface area contributed by atoms with Crippen molar-refractivity contribution in [2.45, 2.75) is 6.42 Å². The molecule has 0 bridgehead atoms. The molecule has 5 nitrogen and oxygen atoms in total. The highest BCUT2D eigenvalue weighted by atomic mass is 79.9. The molecule has 1 rings (SSSR count). The SMILES string of the molecule is COC(=O)C(=O)CC(=O)c1cncc(Br)c1. The summed E-state index contributed by atoms with van der Waals surface area (Å²) in [6.45, 7) is 0. The molecule has 0 aliphatic heterocycles. The Hall–Kier alpha value is -1.56. The zero-order valence-electron chi connectivity index (χ0n) is 8.40. The Morgan fingerprint density at radius 1 is 1.38 bits per heavy atom. The molecule has 0 amide bonds. The fraction of sp³-hybridized carbons (Fsp3) is 0.200. The van der Waals surface area contributed by atoms with E-state index in [1.165, 1.54) is 18.5 Å². The molecule has 0 aromatic carbocycles. The second kappa shape index (κ2) is 5.50. The van der Waals surface area contributed by atoms with Gasteiger partial charge in [0.15, 0.2) is 5.78 Å². The Morgan fingerprint density at radius 2 is 2.06 bits per heavy atom. The van der Waals surface area contributed by atoms with E-state index >= 15 is 0 Å². The number of pyridine rings is 1. The van der Waals surface area contributed by atoms with Crippen molar-refractivity contribution in [1.29, 1.82) is 0 Å².